The quantitative estimate of drug-likeness (QED) is 0.779. The number of hydrogen-bond donors (Lipinski definition) is 2. The van der Waals surface area contributed by atoms with Crippen LogP contribution in [0.1, 0.15) is 69.4 Å². The molecule has 2 N–H and O–H groups in total. The Labute approximate surface area is 161 Å². The summed E-state index contributed by atoms with van der Waals surface area (Å²) in [6, 6.07) is 3.83. The summed E-state index contributed by atoms with van der Waals surface area (Å²) in [5.74, 6) is 2.17. The Kier molecular flexibility index (Phi) is 4.83. The van der Waals surface area contributed by atoms with E-state index in [2.05, 4.69) is 12.1 Å². The summed E-state index contributed by atoms with van der Waals surface area (Å²) in [4.78, 5) is 5.12. The van der Waals surface area contributed by atoms with Crippen molar-refractivity contribution in [3.63, 3.8) is 0 Å². The standard InChI is InChI=1S/C22H31NO4/c1-4-27-20-12-15-13-9-10-22(2)17(6-8-21(22)25)14(13)5-7-18(23-26-3)16(15)11-19(20)24/h11-14,17,21,24-25H,4-10H2,1-3H3/b23-18-/t13-,14+,17-,21-,22-/m0/s1. The maximum absolute atomic E-state index is 10.6. The highest BCUT2D eigenvalue weighted by Crippen LogP contribution is 2.60. The molecule has 1 aromatic carbocycles. The van der Waals surface area contributed by atoms with Crippen LogP contribution in [-0.2, 0) is 4.84 Å². The molecule has 0 bridgehead atoms. The number of fused-ring (bicyclic) bond motifs is 5. The highest BCUT2D eigenvalue weighted by Gasteiger charge is 2.54. The van der Waals surface area contributed by atoms with Crippen LogP contribution in [-0.4, -0.2) is 35.7 Å². The summed E-state index contributed by atoms with van der Waals surface area (Å²) in [6.45, 7) is 4.73. The Balaban J connectivity index is 1.81. The van der Waals surface area contributed by atoms with Gasteiger partial charge in [-0.1, -0.05) is 12.1 Å². The third-order valence-electron chi connectivity index (χ3n) is 7.44. The van der Waals surface area contributed by atoms with Gasteiger partial charge in [-0.15, -0.1) is 0 Å². The molecule has 0 spiro atoms. The second-order valence-electron chi connectivity index (χ2n) is 8.61. The largest absolute Gasteiger partial charge is 0.504 e. The number of rotatable bonds is 3. The van der Waals surface area contributed by atoms with Crippen molar-refractivity contribution in [3.05, 3.63) is 23.3 Å². The molecule has 0 aromatic heterocycles. The smallest absolute Gasteiger partial charge is 0.161 e. The van der Waals surface area contributed by atoms with Gasteiger partial charge in [-0.25, -0.2) is 0 Å². The number of aliphatic hydroxyl groups excluding tert-OH is 1. The molecule has 0 unspecified atom stereocenters. The second kappa shape index (κ2) is 7.01. The van der Waals surface area contributed by atoms with Crippen LogP contribution in [0, 0.1) is 17.3 Å². The third-order valence-corrected chi connectivity index (χ3v) is 7.44. The van der Waals surface area contributed by atoms with E-state index in [0.29, 0.717) is 30.1 Å². The van der Waals surface area contributed by atoms with Crippen molar-refractivity contribution in [2.24, 2.45) is 22.4 Å². The van der Waals surface area contributed by atoms with Crippen LogP contribution in [0.5, 0.6) is 11.5 Å². The lowest BCUT2D eigenvalue weighted by atomic mass is 9.58. The molecule has 0 heterocycles. The topological polar surface area (TPSA) is 71.3 Å². The molecular weight excluding hydrogens is 342 g/mol. The highest BCUT2D eigenvalue weighted by molar-refractivity contribution is 6.02. The molecule has 27 heavy (non-hydrogen) atoms. The number of nitrogens with zero attached hydrogens (tertiary/aromatic N) is 1. The average molecular weight is 373 g/mol. The molecule has 0 amide bonds. The van der Waals surface area contributed by atoms with E-state index in [1.54, 1.807) is 13.2 Å². The third kappa shape index (κ3) is 2.91. The monoisotopic (exact) mass is 373 g/mol. The Hall–Kier alpha value is -1.75. The first-order valence-corrected chi connectivity index (χ1v) is 10.3. The van der Waals surface area contributed by atoms with Gasteiger partial charge in [0, 0.05) is 5.56 Å². The van der Waals surface area contributed by atoms with Crippen LogP contribution in [0.25, 0.3) is 0 Å². The van der Waals surface area contributed by atoms with Crippen molar-refractivity contribution in [1.82, 2.24) is 0 Å². The maximum atomic E-state index is 10.6. The summed E-state index contributed by atoms with van der Waals surface area (Å²) in [6.07, 6.45) is 5.80. The summed E-state index contributed by atoms with van der Waals surface area (Å²) < 4.78 is 5.68. The van der Waals surface area contributed by atoms with Gasteiger partial charge < -0.3 is 19.8 Å². The molecule has 2 saturated carbocycles. The van der Waals surface area contributed by atoms with E-state index < -0.39 is 0 Å². The Morgan fingerprint density at radius 2 is 2.04 bits per heavy atom. The predicted octanol–water partition coefficient (Wildman–Crippen LogP) is 4.21. The van der Waals surface area contributed by atoms with Crippen molar-refractivity contribution in [1.29, 1.82) is 0 Å². The van der Waals surface area contributed by atoms with Crippen molar-refractivity contribution < 1.29 is 19.8 Å². The minimum absolute atomic E-state index is 0.0316. The van der Waals surface area contributed by atoms with Crippen molar-refractivity contribution in [2.45, 2.75) is 64.4 Å². The van der Waals surface area contributed by atoms with Crippen molar-refractivity contribution in [3.8, 4) is 11.5 Å². The lowest BCUT2D eigenvalue weighted by molar-refractivity contribution is -0.0197. The molecule has 2 fully saturated rings. The summed E-state index contributed by atoms with van der Waals surface area (Å²) >= 11 is 0. The lowest BCUT2D eigenvalue weighted by Gasteiger charge is -2.47. The van der Waals surface area contributed by atoms with Gasteiger partial charge in [0.25, 0.3) is 0 Å². The molecule has 3 aliphatic rings. The van der Waals surface area contributed by atoms with E-state index in [0.717, 1.165) is 49.8 Å². The second-order valence-corrected chi connectivity index (χ2v) is 8.61. The normalized spacial score (nSPS) is 36.5. The highest BCUT2D eigenvalue weighted by atomic mass is 16.6. The molecule has 0 saturated heterocycles. The molecule has 0 radical (unpaired) electrons. The first kappa shape index (κ1) is 18.6. The summed E-state index contributed by atoms with van der Waals surface area (Å²) in [5, 5.41) is 25.4. The van der Waals surface area contributed by atoms with Gasteiger partial charge in [0.1, 0.15) is 7.11 Å². The van der Waals surface area contributed by atoms with Crippen LogP contribution in [0.2, 0.25) is 0 Å². The first-order valence-electron chi connectivity index (χ1n) is 10.3. The molecule has 5 heteroatoms. The van der Waals surface area contributed by atoms with E-state index in [9.17, 15) is 10.2 Å². The fraction of sp³-hybridized carbons (Fsp3) is 0.682. The van der Waals surface area contributed by atoms with Crippen molar-refractivity contribution >= 4 is 5.71 Å². The number of aliphatic hydroxyl groups is 1. The minimum atomic E-state index is -0.183. The SMILES string of the molecule is CCOc1cc2c(cc1O)/C(=N\OC)CC[C@@H]1[C@@H]2CC[C@]2(C)[C@@H](O)CC[C@@H]12. The molecule has 3 aliphatic carbocycles. The molecule has 4 rings (SSSR count). The number of ether oxygens (including phenoxy) is 1. The summed E-state index contributed by atoms with van der Waals surface area (Å²) in [7, 11) is 1.57. The number of benzene rings is 1. The van der Waals surface area contributed by atoms with Crippen LogP contribution < -0.4 is 4.74 Å². The lowest BCUT2D eigenvalue weighted by Crippen LogP contribution is -2.42. The number of hydrogen-bond acceptors (Lipinski definition) is 5. The van der Waals surface area contributed by atoms with Crippen LogP contribution in [0.3, 0.4) is 0 Å². The van der Waals surface area contributed by atoms with E-state index in [4.69, 9.17) is 9.57 Å². The van der Waals surface area contributed by atoms with Crippen molar-refractivity contribution in [2.75, 3.05) is 13.7 Å². The zero-order valence-corrected chi connectivity index (χ0v) is 16.6. The van der Waals surface area contributed by atoms with Crippen LogP contribution in [0.15, 0.2) is 17.3 Å². The Morgan fingerprint density at radius 3 is 2.78 bits per heavy atom. The maximum Gasteiger partial charge on any atom is 0.161 e. The van der Waals surface area contributed by atoms with E-state index in [-0.39, 0.29) is 17.3 Å². The Bertz CT molecular complexity index is 746. The molecular formula is C22H31NO4. The zero-order valence-electron chi connectivity index (χ0n) is 16.6. The van der Waals surface area contributed by atoms with Gasteiger partial charge in [0.2, 0.25) is 0 Å². The predicted molar refractivity (Wildman–Crippen MR) is 104 cm³/mol. The molecule has 0 aliphatic heterocycles. The molecule has 148 valence electrons. The van der Waals surface area contributed by atoms with E-state index in [1.165, 1.54) is 5.56 Å². The van der Waals surface area contributed by atoms with Gasteiger partial charge in [-0.2, -0.15) is 0 Å². The number of oxime groups is 1. The van der Waals surface area contributed by atoms with Gasteiger partial charge in [-0.05, 0) is 86.3 Å². The fourth-order valence-corrected chi connectivity index (χ4v) is 6.10. The van der Waals surface area contributed by atoms with Gasteiger partial charge >= 0.3 is 0 Å². The molecule has 5 nitrogen and oxygen atoms in total. The first-order chi connectivity index (χ1) is 13.0. The number of phenols is 1. The van der Waals surface area contributed by atoms with Crippen LogP contribution in [0.4, 0.5) is 0 Å². The van der Waals surface area contributed by atoms with Crippen LogP contribution >= 0.6 is 0 Å². The Morgan fingerprint density at radius 1 is 1.22 bits per heavy atom. The van der Waals surface area contributed by atoms with E-state index >= 15 is 0 Å². The molecule has 5 atom stereocenters. The van der Waals surface area contributed by atoms with Gasteiger partial charge in [-0.3, -0.25) is 0 Å². The number of phenolic OH excluding ortho intramolecular Hbond substituents is 1. The minimum Gasteiger partial charge on any atom is -0.504 e. The van der Waals surface area contributed by atoms with Gasteiger partial charge in [0.15, 0.2) is 11.5 Å². The summed E-state index contributed by atoms with van der Waals surface area (Å²) in [5.41, 5.74) is 3.15. The van der Waals surface area contributed by atoms with Gasteiger partial charge in [0.05, 0.1) is 18.4 Å². The zero-order chi connectivity index (χ0) is 19.2. The average Bonchev–Trinajstić information content (AvgIpc) is 2.87. The molecule has 1 aromatic rings. The van der Waals surface area contributed by atoms with E-state index in [1.807, 2.05) is 13.0 Å². The number of aromatic hydroxyl groups is 1. The fourth-order valence-electron chi connectivity index (χ4n) is 6.10.